The summed E-state index contributed by atoms with van der Waals surface area (Å²) in [5.74, 6) is 1.15. The van der Waals surface area contributed by atoms with Crippen molar-refractivity contribution in [2.24, 2.45) is 17.6 Å². The molecule has 2 fully saturated rings. The summed E-state index contributed by atoms with van der Waals surface area (Å²) < 4.78 is 5.73. The fourth-order valence-electron chi connectivity index (χ4n) is 3.76. The zero-order chi connectivity index (χ0) is 14.8. The van der Waals surface area contributed by atoms with E-state index >= 15 is 0 Å². The highest BCUT2D eigenvalue weighted by molar-refractivity contribution is 5.82. The van der Waals surface area contributed by atoms with Gasteiger partial charge in [-0.05, 0) is 37.2 Å². The van der Waals surface area contributed by atoms with Gasteiger partial charge in [-0.25, -0.2) is 0 Å². The summed E-state index contributed by atoms with van der Waals surface area (Å²) in [7, 11) is 0. The molecule has 4 nitrogen and oxygen atoms in total. The van der Waals surface area contributed by atoms with E-state index in [0.717, 1.165) is 31.5 Å². The second-order valence-electron chi connectivity index (χ2n) is 6.15. The molecule has 2 N–H and O–H groups in total. The third-order valence-corrected chi connectivity index (χ3v) is 4.88. The molecule has 1 saturated carbocycles. The normalized spacial score (nSPS) is 29.4. The number of nitrogens with two attached hydrogens (primary N) is 1. The van der Waals surface area contributed by atoms with E-state index in [1.54, 1.807) is 0 Å². The molecule has 114 valence electrons. The first kappa shape index (κ1) is 14.5. The molecule has 4 heteroatoms. The van der Waals surface area contributed by atoms with Crippen LogP contribution in [0, 0.1) is 11.8 Å². The zero-order valence-electron chi connectivity index (χ0n) is 12.6. The number of ether oxygens (including phenoxy) is 1. The van der Waals surface area contributed by atoms with Gasteiger partial charge in [0, 0.05) is 25.7 Å². The van der Waals surface area contributed by atoms with Crippen molar-refractivity contribution in [1.29, 1.82) is 0 Å². The van der Waals surface area contributed by atoms with Crippen LogP contribution in [-0.4, -0.2) is 36.5 Å². The van der Waals surface area contributed by atoms with Gasteiger partial charge in [0.05, 0.1) is 0 Å². The molecule has 1 aromatic carbocycles. The number of amides is 1. The number of hydrogen-bond acceptors (Lipinski definition) is 3. The SMILES string of the molecule is CCOC(C(=O)N1CC2CCC(N)C2C1)c1ccccc1. The Labute approximate surface area is 126 Å². The Balaban J connectivity index is 1.73. The van der Waals surface area contributed by atoms with Gasteiger partial charge in [-0.2, -0.15) is 0 Å². The van der Waals surface area contributed by atoms with Crippen LogP contribution in [-0.2, 0) is 9.53 Å². The summed E-state index contributed by atoms with van der Waals surface area (Å²) in [5, 5.41) is 0. The maximum absolute atomic E-state index is 12.8. The maximum atomic E-state index is 12.8. The monoisotopic (exact) mass is 288 g/mol. The average Bonchev–Trinajstić information content (AvgIpc) is 3.08. The van der Waals surface area contributed by atoms with Gasteiger partial charge >= 0.3 is 0 Å². The minimum absolute atomic E-state index is 0.0876. The summed E-state index contributed by atoms with van der Waals surface area (Å²) in [6.45, 7) is 4.10. The summed E-state index contributed by atoms with van der Waals surface area (Å²) in [4.78, 5) is 14.8. The van der Waals surface area contributed by atoms with E-state index < -0.39 is 6.10 Å². The topological polar surface area (TPSA) is 55.6 Å². The molecule has 1 heterocycles. The predicted octanol–water partition coefficient (Wildman–Crippen LogP) is 1.96. The lowest BCUT2D eigenvalue weighted by Gasteiger charge is -2.25. The molecule has 1 aliphatic heterocycles. The Morgan fingerprint density at radius 1 is 1.33 bits per heavy atom. The van der Waals surface area contributed by atoms with Gasteiger partial charge in [-0.15, -0.1) is 0 Å². The molecule has 21 heavy (non-hydrogen) atoms. The number of hydrogen-bond donors (Lipinski definition) is 1. The number of rotatable bonds is 4. The van der Waals surface area contributed by atoms with Crippen LogP contribution in [0.3, 0.4) is 0 Å². The van der Waals surface area contributed by atoms with E-state index in [9.17, 15) is 4.79 Å². The predicted molar refractivity (Wildman–Crippen MR) is 81.6 cm³/mol. The largest absolute Gasteiger partial charge is 0.364 e. The van der Waals surface area contributed by atoms with Gasteiger partial charge in [0.15, 0.2) is 6.10 Å². The van der Waals surface area contributed by atoms with E-state index in [-0.39, 0.29) is 11.9 Å². The molecule has 2 aliphatic rings. The molecule has 0 bridgehead atoms. The van der Waals surface area contributed by atoms with Crippen LogP contribution < -0.4 is 5.73 Å². The van der Waals surface area contributed by atoms with Gasteiger partial charge in [0.2, 0.25) is 0 Å². The third kappa shape index (κ3) is 2.83. The molecule has 1 amide bonds. The number of carbonyl (C=O) groups excluding carboxylic acids is 1. The van der Waals surface area contributed by atoms with Crippen molar-refractivity contribution >= 4 is 5.91 Å². The molecule has 3 rings (SSSR count). The van der Waals surface area contributed by atoms with Crippen LogP contribution in [0.2, 0.25) is 0 Å². The Kier molecular flexibility index (Phi) is 4.27. The zero-order valence-corrected chi connectivity index (χ0v) is 12.6. The standard InChI is InChI=1S/C17H24N2O2/c1-2-21-16(12-6-4-3-5-7-12)17(20)19-10-13-8-9-15(18)14(13)11-19/h3-7,13-16H,2,8-11,18H2,1H3. The van der Waals surface area contributed by atoms with Crippen molar-refractivity contribution in [3.8, 4) is 0 Å². The summed E-state index contributed by atoms with van der Waals surface area (Å²) in [6, 6.07) is 10.0. The van der Waals surface area contributed by atoms with Crippen molar-refractivity contribution in [1.82, 2.24) is 4.90 Å². The highest BCUT2D eigenvalue weighted by Crippen LogP contribution is 2.38. The first-order valence-corrected chi connectivity index (χ1v) is 7.91. The Hall–Kier alpha value is -1.39. The van der Waals surface area contributed by atoms with Crippen molar-refractivity contribution in [2.45, 2.75) is 31.9 Å². The average molecular weight is 288 g/mol. The van der Waals surface area contributed by atoms with E-state index in [1.807, 2.05) is 42.2 Å². The summed E-state index contributed by atoms with van der Waals surface area (Å²) in [6.07, 6.45) is 1.77. The van der Waals surface area contributed by atoms with E-state index in [0.29, 0.717) is 18.4 Å². The Morgan fingerprint density at radius 3 is 2.76 bits per heavy atom. The lowest BCUT2D eigenvalue weighted by Crippen LogP contribution is -2.37. The molecule has 4 atom stereocenters. The minimum Gasteiger partial charge on any atom is -0.364 e. The second kappa shape index (κ2) is 6.16. The molecule has 1 aromatic rings. The van der Waals surface area contributed by atoms with Crippen LogP contribution in [0.5, 0.6) is 0 Å². The Bertz CT molecular complexity index is 491. The van der Waals surface area contributed by atoms with Gasteiger partial charge in [0.25, 0.3) is 5.91 Å². The second-order valence-corrected chi connectivity index (χ2v) is 6.15. The van der Waals surface area contributed by atoms with Crippen molar-refractivity contribution in [2.75, 3.05) is 19.7 Å². The van der Waals surface area contributed by atoms with Crippen molar-refractivity contribution < 1.29 is 9.53 Å². The van der Waals surface area contributed by atoms with E-state index in [4.69, 9.17) is 10.5 Å². The lowest BCUT2D eigenvalue weighted by atomic mass is 9.98. The maximum Gasteiger partial charge on any atom is 0.256 e. The highest BCUT2D eigenvalue weighted by atomic mass is 16.5. The third-order valence-electron chi connectivity index (χ3n) is 4.88. The van der Waals surface area contributed by atoms with Crippen LogP contribution in [0.1, 0.15) is 31.4 Å². The molecular weight excluding hydrogens is 264 g/mol. The van der Waals surface area contributed by atoms with Gasteiger partial charge in [-0.3, -0.25) is 4.79 Å². The number of benzene rings is 1. The summed E-state index contributed by atoms with van der Waals surface area (Å²) >= 11 is 0. The Morgan fingerprint density at radius 2 is 2.10 bits per heavy atom. The van der Waals surface area contributed by atoms with Crippen LogP contribution in [0.25, 0.3) is 0 Å². The van der Waals surface area contributed by atoms with Crippen molar-refractivity contribution in [3.63, 3.8) is 0 Å². The molecule has 1 aliphatic carbocycles. The molecular formula is C17H24N2O2. The number of likely N-dealkylation sites (tertiary alicyclic amines) is 1. The van der Waals surface area contributed by atoms with Crippen LogP contribution in [0.4, 0.5) is 0 Å². The molecule has 1 saturated heterocycles. The van der Waals surface area contributed by atoms with E-state index in [1.165, 1.54) is 0 Å². The van der Waals surface area contributed by atoms with Crippen LogP contribution in [0.15, 0.2) is 30.3 Å². The molecule has 0 spiro atoms. The highest BCUT2D eigenvalue weighted by Gasteiger charge is 2.43. The molecule has 0 aromatic heterocycles. The van der Waals surface area contributed by atoms with Gasteiger partial charge in [-0.1, -0.05) is 30.3 Å². The summed E-state index contributed by atoms with van der Waals surface area (Å²) in [5.41, 5.74) is 7.09. The first-order valence-electron chi connectivity index (χ1n) is 7.91. The number of nitrogens with zero attached hydrogens (tertiary/aromatic N) is 1. The quantitative estimate of drug-likeness (QED) is 0.921. The van der Waals surface area contributed by atoms with Gasteiger partial charge in [0.1, 0.15) is 0 Å². The van der Waals surface area contributed by atoms with Crippen molar-refractivity contribution in [3.05, 3.63) is 35.9 Å². The number of carbonyl (C=O) groups is 1. The minimum atomic E-state index is -0.480. The molecule has 4 unspecified atom stereocenters. The van der Waals surface area contributed by atoms with Gasteiger partial charge < -0.3 is 15.4 Å². The van der Waals surface area contributed by atoms with E-state index in [2.05, 4.69) is 0 Å². The fraction of sp³-hybridized carbons (Fsp3) is 0.588. The number of fused-ring (bicyclic) bond motifs is 1. The lowest BCUT2D eigenvalue weighted by molar-refractivity contribution is -0.143. The first-order chi connectivity index (χ1) is 10.2. The smallest absolute Gasteiger partial charge is 0.256 e. The molecule has 0 radical (unpaired) electrons. The fourth-order valence-corrected chi connectivity index (χ4v) is 3.76. The van der Waals surface area contributed by atoms with Crippen LogP contribution >= 0.6 is 0 Å².